The van der Waals surface area contributed by atoms with Crippen LogP contribution in [0, 0.1) is 0 Å². The molecule has 0 fully saturated rings. The summed E-state index contributed by atoms with van der Waals surface area (Å²) in [4.78, 5) is 18.0. The lowest BCUT2D eigenvalue weighted by Gasteiger charge is -2.14. The van der Waals surface area contributed by atoms with Crippen LogP contribution in [-0.4, -0.2) is 22.7 Å². The molecule has 0 amide bonds. The number of benzene rings is 3. The standard InChI is InChI=1S/C27H24BrN3O4/c1-3-17(2)26-30-23-9-8-20(28)13-22(23)27(32)31(26)29-14-18-5-4-6-21(11-18)33-15-19-7-10-24-25(12-19)35-16-34-24/h4-14,17H,3,15-16H2,1-2H3/t17-/m1/s1. The Morgan fingerprint density at radius 3 is 2.86 bits per heavy atom. The lowest BCUT2D eigenvalue weighted by molar-refractivity contribution is 0.174. The average molecular weight is 534 g/mol. The van der Waals surface area contributed by atoms with Crippen LogP contribution in [0.3, 0.4) is 0 Å². The van der Waals surface area contributed by atoms with Gasteiger partial charge < -0.3 is 14.2 Å². The Morgan fingerprint density at radius 1 is 1.14 bits per heavy atom. The minimum absolute atomic E-state index is 0.0734. The maximum atomic E-state index is 13.3. The van der Waals surface area contributed by atoms with Crippen molar-refractivity contribution >= 4 is 33.0 Å². The molecule has 35 heavy (non-hydrogen) atoms. The SMILES string of the molecule is CC[C@@H](C)c1nc2ccc(Br)cc2c(=O)n1N=Cc1cccc(OCc2ccc3c(c2)OCO3)c1. The maximum absolute atomic E-state index is 13.3. The largest absolute Gasteiger partial charge is 0.489 e. The van der Waals surface area contributed by atoms with Crippen LogP contribution in [0.15, 0.2) is 75.0 Å². The minimum Gasteiger partial charge on any atom is -0.489 e. The van der Waals surface area contributed by atoms with Crippen LogP contribution in [-0.2, 0) is 6.61 Å². The first kappa shape index (κ1) is 23.1. The topological polar surface area (TPSA) is 74.9 Å². The van der Waals surface area contributed by atoms with Crippen LogP contribution >= 0.6 is 15.9 Å². The molecule has 0 saturated carbocycles. The molecule has 8 heteroatoms. The van der Waals surface area contributed by atoms with E-state index in [4.69, 9.17) is 19.2 Å². The molecule has 0 aliphatic carbocycles. The van der Waals surface area contributed by atoms with Gasteiger partial charge in [-0.1, -0.05) is 48.0 Å². The van der Waals surface area contributed by atoms with E-state index in [9.17, 15) is 4.79 Å². The van der Waals surface area contributed by atoms with Gasteiger partial charge in [0.15, 0.2) is 11.5 Å². The summed E-state index contributed by atoms with van der Waals surface area (Å²) in [5.41, 5.74) is 2.26. The number of hydrogen-bond donors (Lipinski definition) is 0. The fourth-order valence-corrected chi connectivity index (χ4v) is 4.15. The van der Waals surface area contributed by atoms with Gasteiger partial charge in [0.1, 0.15) is 18.2 Å². The predicted molar refractivity (Wildman–Crippen MR) is 139 cm³/mol. The molecule has 7 nitrogen and oxygen atoms in total. The molecule has 0 bridgehead atoms. The first-order valence-corrected chi connectivity index (χ1v) is 12.2. The average Bonchev–Trinajstić information content (AvgIpc) is 3.35. The van der Waals surface area contributed by atoms with E-state index in [1.807, 2.05) is 61.5 Å². The van der Waals surface area contributed by atoms with Crippen LogP contribution in [0.4, 0.5) is 0 Å². The van der Waals surface area contributed by atoms with E-state index >= 15 is 0 Å². The second kappa shape index (κ2) is 9.92. The van der Waals surface area contributed by atoms with Gasteiger partial charge in [-0.15, -0.1) is 0 Å². The number of ether oxygens (including phenoxy) is 3. The van der Waals surface area contributed by atoms with E-state index in [0.29, 0.717) is 29.1 Å². The summed E-state index contributed by atoms with van der Waals surface area (Å²) in [6.07, 6.45) is 2.50. The Bertz CT molecular complexity index is 1480. The fourth-order valence-electron chi connectivity index (χ4n) is 3.79. The third-order valence-electron chi connectivity index (χ3n) is 5.91. The fraction of sp³-hybridized carbons (Fsp3) is 0.222. The van der Waals surface area contributed by atoms with Crippen LogP contribution in [0.2, 0.25) is 0 Å². The van der Waals surface area contributed by atoms with Gasteiger partial charge in [0.25, 0.3) is 5.56 Å². The second-order valence-electron chi connectivity index (χ2n) is 8.35. The van der Waals surface area contributed by atoms with Crippen molar-refractivity contribution in [3.05, 3.63) is 92.4 Å². The molecule has 1 aliphatic heterocycles. The molecular formula is C27H24BrN3O4. The van der Waals surface area contributed by atoms with Crippen molar-refractivity contribution in [2.24, 2.45) is 5.10 Å². The van der Waals surface area contributed by atoms with Crippen molar-refractivity contribution in [2.75, 3.05) is 6.79 Å². The number of rotatable bonds is 7. The smallest absolute Gasteiger partial charge is 0.282 e. The maximum Gasteiger partial charge on any atom is 0.282 e. The third kappa shape index (κ3) is 4.93. The minimum atomic E-state index is -0.196. The number of hydrogen-bond acceptors (Lipinski definition) is 6. The zero-order valence-electron chi connectivity index (χ0n) is 19.4. The molecule has 1 aliphatic rings. The van der Waals surface area contributed by atoms with Crippen molar-refractivity contribution in [3.8, 4) is 17.2 Å². The highest BCUT2D eigenvalue weighted by Crippen LogP contribution is 2.32. The molecular weight excluding hydrogens is 510 g/mol. The zero-order valence-corrected chi connectivity index (χ0v) is 21.0. The molecule has 0 unspecified atom stereocenters. The number of halogens is 1. The summed E-state index contributed by atoms with van der Waals surface area (Å²) in [6.45, 7) is 4.74. The number of nitrogens with zero attached hydrogens (tertiary/aromatic N) is 3. The summed E-state index contributed by atoms with van der Waals surface area (Å²) < 4.78 is 19.0. The quantitative estimate of drug-likeness (QED) is 0.278. The van der Waals surface area contributed by atoms with Gasteiger partial charge in [0.2, 0.25) is 6.79 Å². The number of aromatic nitrogens is 2. The van der Waals surface area contributed by atoms with E-state index in [1.165, 1.54) is 4.68 Å². The Labute approximate surface area is 211 Å². The predicted octanol–water partition coefficient (Wildman–Crippen LogP) is 5.86. The molecule has 1 atom stereocenters. The van der Waals surface area contributed by atoms with Crippen molar-refractivity contribution in [3.63, 3.8) is 0 Å². The van der Waals surface area contributed by atoms with Gasteiger partial charge in [-0.3, -0.25) is 4.79 Å². The highest BCUT2D eigenvalue weighted by molar-refractivity contribution is 9.10. The van der Waals surface area contributed by atoms with E-state index in [1.54, 1.807) is 12.3 Å². The molecule has 1 aromatic heterocycles. The van der Waals surface area contributed by atoms with Crippen molar-refractivity contribution in [2.45, 2.75) is 32.8 Å². The van der Waals surface area contributed by atoms with Crippen LogP contribution in [0.25, 0.3) is 10.9 Å². The molecule has 2 heterocycles. The van der Waals surface area contributed by atoms with Gasteiger partial charge in [-0.2, -0.15) is 9.78 Å². The zero-order chi connectivity index (χ0) is 24.4. The van der Waals surface area contributed by atoms with Crippen molar-refractivity contribution in [1.29, 1.82) is 0 Å². The molecule has 5 rings (SSSR count). The van der Waals surface area contributed by atoms with Gasteiger partial charge in [-0.25, -0.2) is 4.98 Å². The molecule has 4 aromatic rings. The number of fused-ring (bicyclic) bond motifs is 2. The summed E-state index contributed by atoms with van der Waals surface area (Å²) in [5.74, 6) is 2.88. The Balaban J connectivity index is 1.40. The molecule has 0 N–H and O–H groups in total. The highest BCUT2D eigenvalue weighted by Gasteiger charge is 2.16. The van der Waals surface area contributed by atoms with Gasteiger partial charge in [0, 0.05) is 10.4 Å². The summed E-state index contributed by atoms with van der Waals surface area (Å²) >= 11 is 3.44. The monoisotopic (exact) mass is 533 g/mol. The van der Waals surface area contributed by atoms with E-state index in [-0.39, 0.29) is 18.3 Å². The molecule has 178 valence electrons. The summed E-state index contributed by atoms with van der Waals surface area (Å²) in [6, 6.07) is 18.8. The Hall–Kier alpha value is -3.65. The second-order valence-corrected chi connectivity index (χ2v) is 9.27. The lowest BCUT2D eigenvalue weighted by Crippen LogP contribution is -2.23. The van der Waals surface area contributed by atoms with Crippen LogP contribution in [0.5, 0.6) is 17.2 Å². The molecule has 0 radical (unpaired) electrons. The van der Waals surface area contributed by atoms with Gasteiger partial charge in [-0.05, 0) is 60.0 Å². The van der Waals surface area contributed by atoms with Gasteiger partial charge >= 0.3 is 0 Å². The molecule has 3 aromatic carbocycles. The first-order chi connectivity index (χ1) is 17.0. The van der Waals surface area contributed by atoms with Crippen molar-refractivity contribution < 1.29 is 14.2 Å². The molecule has 0 saturated heterocycles. The van der Waals surface area contributed by atoms with Crippen molar-refractivity contribution in [1.82, 2.24) is 9.66 Å². The van der Waals surface area contributed by atoms with Crippen LogP contribution < -0.4 is 19.8 Å². The summed E-state index contributed by atoms with van der Waals surface area (Å²) in [7, 11) is 0. The third-order valence-corrected chi connectivity index (χ3v) is 6.40. The van der Waals surface area contributed by atoms with Gasteiger partial charge in [0.05, 0.1) is 17.1 Å². The van der Waals surface area contributed by atoms with E-state index in [0.717, 1.165) is 33.5 Å². The Kier molecular flexibility index (Phi) is 6.55. The first-order valence-electron chi connectivity index (χ1n) is 11.4. The van der Waals surface area contributed by atoms with Crippen LogP contribution in [0.1, 0.15) is 43.1 Å². The highest BCUT2D eigenvalue weighted by atomic mass is 79.9. The summed E-state index contributed by atoms with van der Waals surface area (Å²) in [5, 5.41) is 5.06. The van der Waals surface area contributed by atoms with E-state index in [2.05, 4.69) is 28.0 Å². The van der Waals surface area contributed by atoms with E-state index < -0.39 is 0 Å². The normalized spacial score (nSPS) is 13.5. The molecule has 0 spiro atoms. The Morgan fingerprint density at radius 2 is 2.00 bits per heavy atom. The lowest BCUT2D eigenvalue weighted by atomic mass is 10.1.